The molecule has 2 rings (SSSR count). The Morgan fingerprint density at radius 2 is 0.852 bits per heavy atom. The van der Waals surface area contributed by atoms with Gasteiger partial charge in [0, 0.05) is 32.1 Å². The van der Waals surface area contributed by atoms with Crippen molar-refractivity contribution in [1.82, 2.24) is 26.6 Å². The second-order valence-corrected chi connectivity index (χ2v) is 12.2. The molecular weight excluding hydrogens is 710 g/mol. The lowest BCUT2D eigenvalue weighted by Crippen LogP contribution is -2.59. The molecule has 6 amide bonds. The smallest absolute Gasteiger partial charge is 0.326 e. The Hall–Kier alpha value is -6.37. The minimum atomic E-state index is -1.61. The summed E-state index contributed by atoms with van der Waals surface area (Å²) in [5.41, 5.74) is 11.6. The fourth-order valence-corrected chi connectivity index (χ4v) is 5.08. The summed E-state index contributed by atoms with van der Waals surface area (Å²) < 4.78 is 0. The van der Waals surface area contributed by atoms with E-state index in [2.05, 4.69) is 26.6 Å². The van der Waals surface area contributed by atoms with Crippen LogP contribution in [-0.2, 0) is 56.0 Å². The van der Waals surface area contributed by atoms with E-state index >= 15 is 0 Å². The maximum atomic E-state index is 13.8. The Morgan fingerprint density at radius 3 is 1.24 bits per heavy atom. The number of hydrogen-bond acceptors (Lipinski definition) is 10. The van der Waals surface area contributed by atoms with Crippen molar-refractivity contribution in [1.29, 1.82) is 0 Å². The summed E-state index contributed by atoms with van der Waals surface area (Å²) in [7, 11) is 0. The summed E-state index contributed by atoms with van der Waals surface area (Å²) in [6.07, 6.45) is -3.14. The molecule has 2 aromatic rings. The first-order valence-corrected chi connectivity index (χ1v) is 16.8. The van der Waals surface area contributed by atoms with Crippen LogP contribution in [0, 0.1) is 0 Å². The highest BCUT2D eigenvalue weighted by atomic mass is 16.4. The van der Waals surface area contributed by atoms with Crippen molar-refractivity contribution < 1.29 is 58.5 Å². The van der Waals surface area contributed by atoms with Crippen molar-refractivity contribution >= 4 is 53.4 Å². The number of rotatable bonds is 24. The van der Waals surface area contributed by atoms with Gasteiger partial charge >= 0.3 is 17.9 Å². The molecule has 19 heteroatoms. The molecule has 0 spiro atoms. The van der Waals surface area contributed by atoms with Gasteiger partial charge in [0.15, 0.2) is 0 Å². The number of carbonyl (C=O) groups is 9. The average Bonchev–Trinajstić information content (AvgIpc) is 3.12. The normalized spacial score (nSPS) is 13.4. The fraction of sp³-hybridized carbons (Fsp3) is 0.400. The van der Waals surface area contributed by atoms with Crippen molar-refractivity contribution in [3.05, 3.63) is 71.8 Å². The van der Waals surface area contributed by atoms with Gasteiger partial charge in [-0.1, -0.05) is 60.7 Å². The Bertz CT molecular complexity index is 1640. The molecule has 19 nitrogen and oxygen atoms in total. The number of nitrogens with one attached hydrogen (secondary N) is 5. The van der Waals surface area contributed by atoms with Gasteiger partial charge in [0.25, 0.3) is 0 Å². The molecule has 0 aliphatic heterocycles. The van der Waals surface area contributed by atoms with Crippen LogP contribution in [-0.4, -0.2) is 105 Å². The van der Waals surface area contributed by atoms with E-state index < -0.39 is 116 Å². The molecule has 12 N–H and O–H groups in total. The second kappa shape index (κ2) is 22.5. The van der Waals surface area contributed by atoms with Crippen molar-refractivity contribution in [2.75, 3.05) is 6.54 Å². The molecule has 0 aliphatic carbocycles. The van der Waals surface area contributed by atoms with E-state index in [1.54, 1.807) is 60.7 Å². The van der Waals surface area contributed by atoms with E-state index in [1.807, 2.05) is 0 Å². The monoisotopic (exact) mass is 755 g/mol. The van der Waals surface area contributed by atoms with Gasteiger partial charge in [0.1, 0.15) is 30.2 Å². The lowest BCUT2D eigenvalue weighted by Gasteiger charge is -2.27. The SMILES string of the molecule is NCC(=O)N[C@@H](CCC(N)=O)C(=O)N[C@@H](CCC(=O)O)C(=O)N[C@@H](Cc1ccccc1)C(=O)N[C@@H](CCC(=O)O)C(=O)N[C@@H](Cc1ccccc1)C(=O)O. The molecule has 54 heavy (non-hydrogen) atoms. The Morgan fingerprint density at radius 1 is 0.500 bits per heavy atom. The van der Waals surface area contributed by atoms with Crippen molar-refractivity contribution in [3.8, 4) is 0 Å². The van der Waals surface area contributed by atoms with E-state index in [-0.39, 0.29) is 25.7 Å². The topological polar surface area (TPSA) is 327 Å². The van der Waals surface area contributed by atoms with Crippen LogP contribution in [0.15, 0.2) is 60.7 Å². The maximum Gasteiger partial charge on any atom is 0.326 e. The fourth-order valence-electron chi connectivity index (χ4n) is 5.08. The van der Waals surface area contributed by atoms with E-state index in [1.165, 1.54) is 0 Å². The van der Waals surface area contributed by atoms with Crippen molar-refractivity contribution in [3.63, 3.8) is 0 Å². The molecule has 0 aliphatic rings. The molecule has 0 bridgehead atoms. The standard InChI is InChI=1S/C35H45N7O12/c36-19-28(44)38-22(11-14-27(37)43)31(49)39-23(12-15-29(45)46)32(50)41-25(17-20-7-3-1-4-8-20)34(52)40-24(13-16-30(47)48)33(51)42-26(35(53)54)18-21-9-5-2-6-10-21/h1-10,22-26H,11-19,36H2,(H2,37,43)(H,38,44)(H,39,49)(H,40,52)(H,41,50)(H,42,51)(H,45,46)(H,47,48)(H,53,54)/t22-,23-,24-,25-,26-/m0/s1. The Labute approximate surface area is 309 Å². The number of benzene rings is 2. The largest absolute Gasteiger partial charge is 0.481 e. The van der Waals surface area contributed by atoms with Crippen LogP contribution in [0.3, 0.4) is 0 Å². The molecule has 0 heterocycles. The van der Waals surface area contributed by atoms with Crippen LogP contribution >= 0.6 is 0 Å². The van der Waals surface area contributed by atoms with Gasteiger partial charge in [0.05, 0.1) is 6.54 Å². The quantitative estimate of drug-likeness (QED) is 0.0552. The van der Waals surface area contributed by atoms with Crippen LogP contribution in [0.4, 0.5) is 0 Å². The third-order valence-electron chi connectivity index (χ3n) is 7.89. The maximum absolute atomic E-state index is 13.8. The van der Waals surface area contributed by atoms with E-state index in [4.69, 9.17) is 11.5 Å². The van der Waals surface area contributed by atoms with Crippen molar-refractivity contribution in [2.24, 2.45) is 11.5 Å². The van der Waals surface area contributed by atoms with Gasteiger partial charge in [-0.25, -0.2) is 4.79 Å². The number of hydrogen-bond donors (Lipinski definition) is 10. The highest BCUT2D eigenvalue weighted by molar-refractivity contribution is 5.96. The molecule has 292 valence electrons. The van der Waals surface area contributed by atoms with E-state index in [0.29, 0.717) is 11.1 Å². The third-order valence-corrected chi connectivity index (χ3v) is 7.89. The summed E-state index contributed by atoms with van der Waals surface area (Å²) >= 11 is 0. The van der Waals surface area contributed by atoms with Crippen LogP contribution in [0.1, 0.15) is 49.7 Å². The lowest BCUT2D eigenvalue weighted by atomic mass is 10.0. The third kappa shape index (κ3) is 16.3. The first-order valence-electron chi connectivity index (χ1n) is 16.8. The summed E-state index contributed by atoms with van der Waals surface area (Å²) in [5.74, 6) is -9.64. The summed E-state index contributed by atoms with van der Waals surface area (Å²) in [4.78, 5) is 112. The average molecular weight is 756 g/mol. The van der Waals surface area contributed by atoms with Crippen LogP contribution < -0.4 is 38.1 Å². The zero-order valence-corrected chi connectivity index (χ0v) is 29.2. The number of primary amides is 1. The predicted octanol–water partition coefficient (Wildman–Crippen LogP) is -2.07. The summed E-state index contributed by atoms with van der Waals surface area (Å²) in [6.45, 7) is -0.519. The molecule has 0 fully saturated rings. The lowest BCUT2D eigenvalue weighted by molar-refractivity contribution is -0.143. The zero-order valence-electron chi connectivity index (χ0n) is 29.2. The van der Waals surface area contributed by atoms with Gasteiger partial charge in [-0.3, -0.25) is 38.4 Å². The molecule has 0 saturated heterocycles. The number of amides is 6. The molecule has 2 aromatic carbocycles. The number of aliphatic carboxylic acids is 3. The Kier molecular flexibility index (Phi) is 18.3. The number of carboxylic acids is 3. The number of nitrogens with two attached hydrogens (primary N) is 2. The van der Waals surface area contributed by atoms with Crippen LogP contribution in [0.5, 0.6) is 0 Å². The summed E-state index contributed by atoms with van der Waals surface area (Å²) in [6, 6.07) is 9.02. The zero-order chi connectivity index (χ0) is 40.2. The van der Waals surface area contributed by atoms with Crippen LogP contribution in [0.25, 0.3) is 0 Å². The van der Waals surface area contributed by atoms with Crippen molar-refractivity contribution in [2.45, 2.75) is 81.6 Å². The van der Waals surface area contributed by atoms with E-state index in [0.717, 1.165) is 0 Å². The molecule has 0 aromatic heterocycles. The van der Waals surface area contributed by atoms with Gasteiger partial charge in [0.2, 0.25) is 35.4 Å². The number of carboxylic acid groups (broad SMARTS) is 3. The van der Waals surface area contributed by atoms with Gasteiger partial charge < -0.3 is 53.4 Å². The van der Waals surface area contributed by atoms with E-state index in [9.17, 15) is 58.5 Å². The molecule has 0 unspecified atom stereocenters. The predicted molar refractivity (Wildman–Crippen MR) is 189 cm³/mol. The second-order valence-electron chi connectivity index (χ2n) is 12.2. The highest BCUT2D eigenvalue weighted by Crippen LogP contribution is 2.10. The first-order chi connectivity index (χ1) is 25.6. The van der Waals surface area contributed by atoms with Gasteiger partial charge in [-0.2, -0.15) is 0 Å². The molecular formula is C35H45N7O12. The Balaban J connectivity index is 2.39. The van der Waals surface area contributed by atoms with Gasteiger partial charge in [-0.15, -0.1) is 0 Å². The number of carbonyl (C=O) groups excluding carboxylic acids is 6. The minimum Gasteiger partial charge on any atom is -0.481 e. The highest BCUT2D eigenvalue weighted by Gasteiger charge is 2.33. The summed E-state index contributed by atoms with van der Waals surface area (Å²) in [5, 5.41) is 40.3. The molecule has 0 radical (unpaired) electrons. The minimum absolute atomic E-state index is 0.128. The molecule has 0 saturated carbocycles. The van der Waals surface area contributed by atoms with Gasteiger partial charge in [-0.05, 0) is 30.4 Å². The first kappa shape index (κ1) is 43.8. The van der Waals surface area contributed by atoms with Crippen LogP contribution in [0.2, 0.25) is 0 Å². The molecule has 5 atom stereocenters.